The Hall–Kier alpha value is -2.94. The number of nitriles is 1. The zero-order valence-corrected chi connectivity index (χ0v) is 12.3. The van der Waals surface area contributed by atoms with E-state index < -0.39 is 0 Å². The van der Waals surface area contributed by atoms with Gasteiger partial charge in [0.25, 0.3) is 5.91 Å². The predicted octanol–water partition coefficient (Wildman–Crippen LogP) is 1.94. The van der Waals surface area contributed by atoms with Gasteiger partial charge in [-0.1, -0.05) is 6.07 Å². The molecule has 2 aromatic rings. The first-order valence-electron chi connectivity index (χ1n) is 7.53. The summed E-state index contributed by atoms with van der Waals surface area (Å²) in [6.07, 6.45) is 2.43. The fourth-order valence-corrected chi connectivity index (χ4v) is 2.85. The van der Waals surface area contributed by atoms with E-state index >= 15 is 0 Å². The summed E-state index contributed by atoms with van der Waals surface area (Å²) in [5.74, 6) is 1.65. The number of amides is 1. The summed E-state index contributed by atoms with van der Waals surface area (Å²) in [5, 5.41) is 11.8. The molecule has 1 saturated carbocycles. The third kappa shape index (κ3) is 2.61. The lowest BCUT2D eigenvalue weighted by molar-refractivity contribution is 0.0946. The number of H-pyrrole nitrogens is 1. The van der Waals surface area contributed by atoms with E-state index in [4.69, 9.17) is 14.7 Å². The van der Waals surface area contributed by atoms with Crippen molar-refractivity contribution >= 4 is 5.91 Å². The standard InChI is InChI=1S/C17H15N3O3/c18-8-10-5-14(19-9-10)17(21)20-13-7-12(13)11-1-2-15-16(6-11)23-4-3-22-15/h1-2,5-6,9,12-13,19H,3-4,7H2,(H,20,21)/t12-,13+/m0/s1. The van der Waals surface area contributed by atoms with Gasteiger partial charge in [0, 0.05) is 18.2 Å². The van der Waals surface area contributed by atoms with Crippen LogP contribution in [0.3, 0.4) is 0 Å². The molecule has 1 amide bonds. The highest BCUT2D eigenvalue weighted by molar-refractivity contribution is 5.93. The Kier molecular flexibility index (Phi) is 3.19. The van der Waals surface area contributed by atoms with Gasteiger partial charge in [-0.3, -0.25) is 4.79 Å². The van der Waals surface area contributed by atoms with Crippen LogP contribution < -0.4 is 14.8 Å². The number of ether oxygens (including phenoxy) is 2. The Bertz CT molecular complexity index is 806. The SMILES string of the molecule is N#Cc1c[nH]c(C(=O)N[C@@H]2C[C@H]2c2ccc3c(c2)OCCO3)c1. The molecule has 4 rings (SSSR count). The largest absolute Gasteiger partial charge is 0.486 e. The van der Waals surface area contributed by atoms with Gasteiger partial charge < -0.3 is 19.8 Å². The summed E-state index contributed by atoms with van der Waals surface area (Å²) in [6.45, 7) is 1.14. The van der Waals surface area contributed by atoms with Gasteiger partial charge in [0.15, 0.2) is 11.5 Å². The van der Waals surface area contributed by atoms with Crippen LogP contribution in [0, 0.1) is 11.3 Å². The fourth-order valence-electron chi connectivity index (χ4n) is 2.85. The molecule has 2 atom stereocenters. The molecule has 0 saturated heterocycles. The average molecular weight is 309 g/mol. The molecule has 0 unspecified atom stereocenters. The van der Waals surface area contributed by atoms with Crippen LogP contribution in [-0.4, -0.2) is 30.1 Å². The van der Waals surface area contributed by atoms with Crippen molar-refractivity contribution in [2.75, 3.05) is 13.2 Å². The van der Waals surface area contributed by atoms with Gasteiger partial charge in [0.1, 0.15) is 25.0 Å². The minimum atomic E-state index is -0.184. The third-order valence-electron chi connectivity index (χ3n) is 4.16. The quantitative estimate of drug-likeness (QED) is 0.907. The number of nitrogens with zero attached hydrogens (tertiary/aromatic N) is 1. The van der Waals surface area contributed by atoms with Gasteiger partial charge in [-0.2, -0.15) is 5.26 Å². The topological polar surface area (TPSA) is 87.1 Å². The van der Waals surface area contributed by atoms with Crippen molar-refractivity contribution in [1.29, 1.82) is 5.26 Å². The normalized spacial score (nSPS) is 21.3. The van der Waals surface area contributed by atoms with E-state index in [9.17, 15) is 4.79 Å². The summed E-state index contributed by atoms with van der Waals surface area (Å²) in [5.41, 5.74) is 2.01. The molecule has 6 heteroatoms. The lowest BCUT2D eigenvalue weighted by Crippen LogP contribution is -2.26. The third-order valence-corrected chi connectivity index (χ3v) is 4.16. The fraction of sp³-hybridized carbons (Fsp3) is 0.294. The van der Waals surface area contributed by atoms with Crippen molar-refractivity contribution in [2.45, 2.75) is 18.4 Å². The average Bonchev–Trinajstić information content (AvgIpc) is 3.17. The molecule has 6 nitrogen and oxygen atoms in total. The van der Waals surface area contributed by atoms with E-state index in [2.05, 4.69) is 10.3 Å². The van der Waals surface area contributed by atoms with Gasteiger partial charge in [-0.15, -0.1) is 0 Å². The maximum absolute atomic E-state index is 12.1. The monoisotopic (exact) mass is 309 g/mol. The van der Waals surface area contributed by atoms with Gasteiger partial charge >= 0.3 is 0 Å². The Morgan fingerprint density at radius 3 is 2.87 bits per heavy atom. The number of aromatic amines is 1. The Labute approximate surface area is 133 Å². The van der Waals surface area contributed by atoms with E-state index in [0.717, 1.165) is 23.5 Å². The van der Waals surface area contributed by atoms with E-state index in [1.54, 1.807) is 6.07 Å². The summed E-state index contributed by atoms with van der Waals surface area (Å²) in [7, 11) is 0. The lowest BCUT2D eigenvalue weighted by Gasteiger charge is -2.18. The van der Waals surface area contributed by atoms with Crippen LogP contribution in [0.25, 0.3) is 0 Å². The van der Waals surface area contributed by atoms with Crippen molar-refractivity contribution < 1.29 is 14.3 Å². The highest BCUT2D eigenvalue weighted by Crippen LogP contribution is 2.44. The molecule has 1 aliphatic carbocycles. The molecular formula is C17H15N3O3. The molecule has 1 aromatic carbocycles. The first kappa shape index (κ1) is 13.7. The summed E-state index contributed by atoms with van der Waals surface area (Å²) in [4.78, 5) is 15.0. The van der Waals surface area contributed by atoms with Gasteiger partial charge in [0.05, 0.1) is 5.56 Å². The number of benzene rings is 1. The molecule has 0 bridgehead atoms. The first-order chi connectivity index (χ1) is 11.2. The van der Waals surface area contributed by atoms with Crippen molar-refractivity contribution in [3.05, 3.63) is 47.3 Å². The number of fused-ring (bicyclic) bond motifs is 1. The smallest absolute Gasteiger partial charge is 0.267 e. The minimum Gasteiger partial charge on any atom is -0.486 e. The molecule has 2 N–H and O–H groups in total. The Balaban J connectivity index is 1.42. The molecule has 2 heterocycles. The molecule has 0 radical (unpaired) electrons. The van der Waals surface area contributed by atoms with Gasteiger partial charge in [-0.25, -0.2) is 0 Å². The highest BCUT2D eigenvalue weighted by Gasteiger charge is 2.40. The maximum atomic E-state index is 12.1. The summed E-state index contributed by atoms with van der Waals surface area (Å²) >= 11 is 0. The van der Waals surface area contributed by atoms with E-state index in [1.165, 1.54) is 6.20 Å². The molecule has 1 aliphatic heterocycles. The predicted molar refractivity (Wildman–Crippen MR) is 81.6 cm³/mol. The Morgan fingerprint density at radius 1 is 1.26 bits per heavy atom. The van der Waals surface area contributed by atoms with Crippen molar-refractivity contribution in [1.82, 2.24) is 10.3 Å². The van der Waals surface area contributed by atoms with E-state index in [0.29, 0.717) is 30.4 Å². The van der Waals surface area contributed by atoms with Crippen LogP contribution in [0.1, 0.15) is 34.0 Å². The second-order valence-electron chi connectivity index (χ2n) is 5.74. The second kappa shape index (κ2) is 5.36. The van der Waals surface area contributed by atoms with E-state index in [1.807, 2.05) is 24.3 Å². The first-order valence-corrected chi connectivity index (χ1v) is 7.53. The van der Waals surface area contributed by atoms with Crippen molar-refractivity contribution in [3.63, 3.8) is 0 Å². The number of carbonyl (C=O) groups is 1. The van der Waals surface area contributed by atoms with Gasteiger partial charge in [-0.05, 0) is 30.2 Å². The van der Waals surface area contributed by atoms with Crippen LogP contribution in [-0.2, 0) is 0 Å². The molecular weight excluding hydrogens is 294 g/mol. The number of hydrogen-bond acceptors (Lipinski definition) is 4. The van der Waals surface area contributed by atoms with Crippen molar-refractivity contribution in [3.8, 4) is 17.6 Å². The molecule has 1 fully saturated rings. The summed E-state index contributed by atoms with van der Waals surface area (Å²) in [6, 6.07) is 9.60. The second-order valence-corrected chi connectivity index (χ2v) is 5.74. The van der Waals surface area contributed by atoms with Crippen LogP contribution in [0.15, 0.2) is 30.5 Å². The number of carbonyl (C=O) groups excluding carboxylic acids is 1. The number of nitrogens with one attached hydrogen (secondary N) is 2. The number of aromatic nitrogens is 1. The number of rotatable bonds is 3. The maximum Gasteiger partial charge on any atom is 0.267 e. The van der Waals surface area contributed by atoms with Gasteiger partial charge in [0.2, 0.25) is 0 Å². The molecule has 23 heavy (non-hydrogen) atoms. The molecule has 1 aromatic heterocycles. The highest BCUT2D eigenvalue weighted by atomic mass is 16.6. The summed E-state index contributed by atoms with van der Waals surface area (Å²) < 4.78 is 11.1. The number of hydrogen-bond donors (Lipinski definition) is 2. The molecule has 2 aliphatic rings. The van der Waals surface area contributed by atoms with Crippen LogP contribution >= 0.6 is 0 Å². The zero-order chi connectivity index (χ0) is 15.8. The van der Waals surface area contributed by atoms with E-state index in [-0.39, 0.29) is 11.9 Å². The molecule has 116 valence electrons. The molecule has 0 spiro atoms. The van der Waals surface area contributed by atoms with Crippen LogP contribution in [0.4, 0.5) is 0 Å². The van der Waals surface area contributed by atoms with Crippen LogP contribution in [0.2, 0.25) is 0 Å². The van der Waals surface area contributed by atoms with Crippen molar-refractivity contribution in [2.24, 2.45) is 0 Å². The lowest BCUT2D eigenvalue weighted by atomic mass is 10.1. The van der Waals surface area contributed by atoms with Crippen LogP contribution in [0.5, 0.6) is 11.5 Å². The zero-order valence-electron chi connectivity index (χ0n) is 12.3. The Morgan fingerprint density at radius 2 is 2.09 bits per heavy atom. The minimum absolute atomic E-state index is 0.110.